The molecule has 7 nitrogen and oxygen atoms in total. The standard InChI is InChI=1S/C33H26N2O5S/c1-19-15-20(2)28-26(16-19)41-33(34-28)35-29(21-9-7-14-25(17-21)40-23-11-5-4-6-12-23)27(31(37)32(35)38)30(36)22-10-8-13-24(18-22)39-3/h4-18,29,36H,1-3H3. The molecular formula is C33H26N2O5S. The Balaban J connectivity index is 1.54. The van der Waals surface area contributed by atoms with Gasteiger partial charge in [0.2, 0.25) is 0 Å². The number of hydrogen-bond donors (Lipinski definition) is 1. The number of para-hydroxylation sites is 1. The van der Waals surface area contributed by atoms with Gasteiger partial charge >= 0.3 is 5.91 Å². The van der Waals surface area contributed by atoms with Gasteiger partial charge in [0.15, 0.2) is 5.13 Å². The van der Waals surface area contributed by atoms with Crippen molar-refractivity contribution in [3.63, 3.8) is 0 Å². The van der Waals surface area contributed by atoms with Gasteiger partial charge in [0.05, 0.1) is 28.9 Å². The molecule has 1 unspecified atom stereocenters. The van der Waals surface area contributed by atoms with Gasteiger partial charge in [-0.25, -0.2) is 4.98 Å². The van der Waals surface area contributed by atoms with Crippen molar-refractivity contribution in [2.24, 2.45) is 0 Å². The molecule has 1 aliphatic rings. The van der Waals surface area contributed by atoms with Crippen LogP contribution in [0.15, 0.2) is 96.6 Å². The van der Waals surface area contributed by atoms with Crippen molar-refractivity contribution in [2.45, 2.75) is 19.9 Å². The summed E-state index contributed by atoms with van der Waals surface area (Å²) in [6.45, 7) is 3.97. The normalized spacial score (nSPS) is 16.4. The van der Waals surface area contributed by atoms with Crippen LogP contribution in [0, 0.1) is 13.8 Å². The molecule has 1 fully saturated rings. The lowest BCUT2D eigenvalue weighted by Crippen LogP contribution is -2.29. The number of carbonyl (C=O) groups is 2. The minimum atomic E-state index is -0.942. The Kier molecular flexibility index (Phi) is 6.77. The average molecular weight is 563 g/mol. The van der Waals surface area contributed by atoms with Gasteiger partial charge in [0.25, 0.3) is 5.78 Å². The van der Waals surface area contributed by atoms with E-state index in [9.17, 15) is 14.7 Å². The number of aromatic nitrogens is 1. The van der Waals surface area contributed by atoms with Crippen molar-refractivity contribution >= 4 is 44.1 Å². The van der Waals surface area contributed by atoms with Gasteiger partial charge in [-0.2, -0.15) is 0 Å². The Bertz CT molecular complexity index is 1840. The number of Topliss-reactive ketones (excluding diaryl/α,β-unsaturated/α-hetero) is 1. The predicted molar refractivity (Wildman–Crippen MR) is 160 cm³/mol. The summed E-state index contributed by atoms with van der Waals surface area (Å²) in [5.74, 6) is -0.171. The fourth-order valence-corrected chi connectivity index (χ4v) is 6.27. The van der Waals surface area contributed by atoms with Crippen LogP contribution < -0.4 is 14.4 Å². The monoisotopic (exact) mass is 562 g/mol. The molecule has 1 aliphatic heterocycles. The number of ether oxygens (including phenoxy) is 2. The summed E-state index contributed by atoms with van der Waals surface area (Å²) in [6.07, 6.45) is 0. The van der Waals surface area contributed by atoms with Crippen molar-refractivity contribution in [1.29, 1.82) is 0 Å². The molecule has 41 heavy (non-hydrogen) atoms. The molecule has 6 rings (SSSR count). The third kappa shape index (κ3) is 4.83. The molecule has 4 aromatic carbocycles. The zero-order chi connectivity index (χ0) is 28.7. The molecule has 0 saturated carbocycles. The second kappa shape index (κ2) is 10.6. The zero-order valence-electron chi connectivity index (χ0n) is 22.6. The Morgan fingerprint density at radius 2 is 1.61 bits per heavy atom. The molecule has 1 amide bonds. The van der Waals surface area contributed by atoms with Crippen LogP contribution in [0.2, 0.25) is 0 Å². The second-order valence-corrected chi connectivity index (χ2v) is 10.8. The molecule has 1 atom stereocenters. The van der Waals surface area contributed by atoms with Gasteiger partial charge in [-0.3, -0.25) is 14.5 Å². The summed E-state index contributed by atoms with van der Waals surface area (Å²) in [5.41, 5.74) is 3.74. The number of thiazole rings is 1. The molecule has 0 radical (unpaired) electrons. The number of hydrogen-bond acceptors (Lipinski definition) is 7. The first-order chi connectivity index (χ1) is 19.8. The molecule has 2 heterocycles. The van der Waals surface area contributed by atoms with Gasteiger partial charge < -0.3 is 14.6 Å². The maximum Gasteiger partial charge on any atom is 0.301 e. The van der Waals surface area contributed by atoms with Gasteiger partial charge in [-0.05, 0) is 73.0 Å². The van der Waals surface area contributed by atoms with Crippen LogP contribution in [0.25, 0.3) is 16.0 Å². The lowest BCUT2D eigenvalue weighted by atomic mass is 9.95. The highest BCUT2D eigenvalue weighted by Gasteiger charge is 2.48. The van der Waals surface area contributed by atoms with Crippen LogP contribution in [-0.2, 0) is 9.59 Å². The van der Waals surface area contributed by atoms with Crippen LogP contribution in [0.1, 0.15) is 28.3 Å². The van der Waals surface area contributed by atoms with E-state index in [2.05, 4.69) is 0 Å². The van der Waals surface area contributed by atoms with Crippen molar-refractivity contribution in [3.8, 4) is 17.2 Å². The van der Waals surface area contributed by atoms with Crippen LogP contribution in [-0.4, -0.2) is 28.9 Å². The zero-order valence-corrected chi connectivity index (χ0v) is 23.4. The fourth-order valence-electron chi connectivity index (χ4n) is 5.11. The number of aliphatic hydroxyl groups excluding tert-OH is 1. The highest BCUT2D eigenvalue weighted by molar-refractivity contribution is 7.22. The van der Waals surface area contributed by atoms with E-state index in [1.165, 1.54) is 23.3 Å². The number of carbonyl (C=O) groups excluding carboxylic acids is 2. The number of methoxy groups -OCH3 is 1. The van der Waals surface area contributed by atoms with Gasteiger partial charge in [-0.1, -0.05) is 59.9 Å². The molecule has 204 valence electrons. The smallest absolute Gasteiger partial charge is 0.301 e. The second-order valence-electron chi connectivity index (χ2n) is 9.81. The summed E-state index contributed by atoms with van der Waals surface area (Å²) in [5, 5.41) is 11.9. The largest absolute Gasteiger partial charge is 0.507 e. The summed E-state index contributed by atoms with van der Waals surface area (Å²) >= 11 is 1.34. The van der Waals surface area contributed by atoms with Gasteiger partial charge in [0.1, 0.15) is 23.0 Å². The molecule has 5 aromatic rings. The minimum Gasteiger partial charge on any atom is -0.507 e. The highest BCUT2D eigenvalue weighted by Crippen LogP contribution is 2.45. The number of nitrogens with zero attached hydrogens (tertiary/aromatic N) is 2. The molecule has 1 N–H and O–H groups in total. The molecule has 1 aromatic heterocycles. The van der Waals surface area contributed by atoms with Crippen LogP contribution >= 0.6 is 11.3 Å². The van der Waals surface area contributed by atoms with Crippen molar-refractivity contribution in [3.05, 3.63) is 119 Å². The third-order valence-electron chi connectivity index (χ3n) is 6.96. The number of amides is 1. The van der Waals surface area contributed by atoms with Gasteiger partial charge in [0, 0.05) is 5.56 Å². The predicted octanol–water partition coefficient (Wildman–Crippen LogP) is 7.34. The lowest BCUT2D eigenvalue weighted by Gasteiger charge is -2.23. The van der Waals surface area contributed by atoms with E-state index >= 15 is 0 Å². The Morgan fingerprint density at radius 1 is 0.878 bits per heavy atom. The Hall–Kier alpha value is -4.95. The van der Waals surface area contributed by atoms with E-state index in [-0.39, 0.29) is 11.3 Å². The van der Waals surface area contributed by atoms with Gasteiger partial charge in [-0.15, -0.1) is 0 Å². The van der Waals surface area contributed by atoms with E-state index in [1.807, 2.05) is 62.4 Å². The van der Waals surface area contributed by atoms with E-state index in [0.717, 1.165) is 21.3 Å². The Labute approximate surface area is 240 Å². The topological polar surface area (TPSA) is 89.0 Å². The number of aryl methyl sites for hydroxylation is 2. The number of aliphatic hydroxyl groups is 1. The first kappa shape index (κ1) is 26.3. The fraction of sp³-hybridized carbons (Fsp3) is 0.121. The summed E-state index contributed by atoms with van der Waals surface area (Å²) < 4.78 is 12.3. The number of benzene rings is 4. The quantitative estimate of drug-likeness (QED) is 0.132. The molecular weight excluding hydrogens is 536 g/mol. The van der Waals surface area contributed by atoms with Crippen LogP contribution in [0.4, 0.5) is 5.13 Å². The number of ketones is 1. The first-order valence-corrected chi connectivity index (χ1v) is 13.8. The molecule has 1 saturated heterocycles. The molecule has 0 aliphatic carbocycles. The number of anilines is 1. The number of fused-ring (bicyclic) bond motifs is 1. The lowest BCUT2D eigenvalue weighted by molar-refractivity contribution is -0.132. The Morgan fingerprint density at radius 3 is 2.39 bits per heavy atom. The first-order valence-electron chi connectivity index (χ1n) is 13.0. The molecule has 8 heteroatoms. The molecule has 0 bridgehead atoms. The van der Waals surface area contributed by atoms with E-state index in [4.69, 9.17) is 14.5 Å². The average Bonchev–Trinajstić information content (AvgIpc) is 3.51. The van der Waals surface area contributed by atoms with Crippen LogP contribution in [0.3, 0.4) is 0 Å². The number of rotatable bonds is 6. The van der Waals surface area contributed by atoms with E-state index in [1.54, 1.807) is 42.5 Å². The third-order valence-corrected chi connectivity index (χ3v) is 7.97. The minimum absolute atomic E-state index is 0.0349. The van der Waals surface area contributed by atoms with Crippen molar-refractivity contribution in [1.82, 2.24) is 4.98 Å². The van der Waals surface area contributed by atoms with Crippen molar-refractivity contribution < 1.29 is 24.2 Å². The summed E-state index contributed by atoms with van der Waals surface area (Å²) in [4.78, 5) is 33.5. The van der Waals surface area contributed by atoms with E-state index in [0.29, 0.717) is 33.5 Å². The summed E-state index contributed by atoms with van der Waals surface area (Å²) in [6, 6.07) is 26.4. The molecule has 0 spiro atoms. The highest BCUT2D eigenvalue weighted by atomic mass is 32.1. The van der Waals surface area contributed by atoms with E-state index < -0.39 is 17.7 Å². The van der Waals surface area contributed by atoms with Crippen LogP contribution in [0.5, 0.6) is 17.2 Å². The maximum atomic E-state index is 13.7. The summed E-state index contributed by atoms with van der Waals surface area (Å²) in [7, 11) is 1.52. The maximum absolute atomic E-state index is 13.7. The SMILES string of the molecule is COc1cccc(C(O)=C2C(=O)C(=O)N(c3nc4c(C)cc(C)cc4s3)C2c2cccc(Oc3ccccc3)c2)c1. The van der Waals surface area contributed by atoms with Crippen molar-refractivity contribution in [2.75, 3.05) is 12.0 Å².